The van der Waals surface area contributed by atoms with Gasteiger partial charge in [-0.25, -0.2) is 0 Å². The van der Waals surface area contributed by atoms with E-state index in [9.17, 15) is 10.1 Å². The van der Waals surface area contributed by atoms with E-state index in [-0.39, 0.29) is 29.7 Å². The lowest BCUT2D eigenvalue weighted by molar-refractivity contribution is -0.384. The van der Waals surface area contributed by atoms with Gasteiger partial charge in [-0.15, -0.1) is 35.3 Å². The predicted molar refractivity (Wildman–Crippen MR) is 110 cm³/mol. The second-order valence-electron chi connectivity index (χ2n) is 4.89. The standard InChI is InChI=1S/C15H17ClN4O2S.HI/c1-17-15(19(2)10-13-6-7-14(16)23-13)18-9-11-4-3-5-12(8-11)20(21)22;/h3-8H,9-10H2,1-2H3,(H,17,18);1H. The van der Waals surface area contributed by atoms with Crippen molar-refractivity contribution in [1.29, 1.82) is 0 Å². The summed E-state index contributed by atoms with van der Waals surface area (Å²) in [5, 5.41) is 14.0. The maximum absolute atomic E-state index is 10.8. The number of nitro groups is 1. The first-order chi connectivity index (χ1) is 11.0. The van der Waals surface area contributed by atoms with Crippen LogP contribution in [0.3, 0.4) is 0 Å². The van der Waals surface area contributed by atoms with Gasteiger partial charge >= 0.3 is 0 Å². The Hall–Kier alpha value is -1.39. The molecule has 1 aromatic carbocycles. The summed E-state index contributed by atoms with van der Waals surface area (Å²) in [5.41, 5.74) is 0.911. The molecule has 2 aromatic rings. The Balaban J connectivity index is 0.00000288. The van der Waals surface area contributed by atoms with Gasteiger partial charge in [-0.3, -0.25) is 15.1 Å². The van der Waals surface area contributed by atoms with Gasteiger partial charge in [-0.1, -0.05) is 23.7 Å². The molecule has 6 nitrogen and oxygen atoms in total. The van der Waals surface area contributed by atoms with Crippen LogP contribution in [0.25, 0.3) is 0 Å². The Morgan fingerprint density at radius 1 is 1.42 bits per heavy atom. The summed E-state index contributed by atoms with van der Waals surface area (Å²) in [5.74, 6) is 0.709. The van der Waals surface area contributed by atoms with Crippen molar-refractivity contribution in [2.24, 2.45) is 4.99 Å². The summed E-state index contributed by atoms with van der Waals surface area (Å²) in [6.45, 7) is 1.15. The van der Waals surface area contributed by atoms with Gasteiger partial charge in [0.25, 0.3) is 5.69 Å². The molecule has 2 rings (SSSR count). The summed E-state index contributed by atoms with van der Waals surface area (Å²) in [6.07, 6.45) is 0. The third-order valence-electron chi connectivity index (χ3n) is 3.17. The van der Waals surface area contributed by atoms with Gasteiger partial charge in [0.2, 0.25) is 0 Å². The molecule has 0 spiro atoms. The highest BCUT2D eigenvalue weighted by atomic mass is 127. The zero-order valence-corrected chi connectivity index (χ0v) is 17.1. The molecule has 130 valence electrons. The number of hydrogen-bond donors (Lipinski definition) is 1. The molecule has 9 heteroatoms. The van der Waals surface area contributed by atoms with E-state index >= 15 is 0 Å². The number of halogens is 2. The zero-order valence-electron chi connectivity index (χ0n) is 13.2. The fourth-order valence-corrected chi connectivity index (χ4v) is 3.23. The van der Waals surface area contributed by atoms with Crippen molar-refractivity contribution in [2.75, 3.05) is 14.1 Å². The maximum Gasteiger partial charge on any atom is 0.269 e. The van der Waals surface area contributed by atoms with Crippen LogP contribution in [-0.2, 0) is 13.1 Å². The molecule has 1 N–H and O–H groups in total. The van der Waals surface area contributed by atoms with Crippen LogP contribution < -0.4 is 5.32 Å². The lowest BCUT2D eigenvalue weighted by Gasteiger charge is -2.21. The number of hydrogen-bond acceptors (Lipinski definition) is 4. The van der Waals surface area contributed by atoms with Crippen LogP contribution in [0.5, 0.6) is 0 Å². The van der Waals surface area contributed by atoms with E-state index in [4.69, 9.17) is 11.6 Å². The number of thiophene rings is 1. The number of benzene rings is 1. The molecule has 0 radical (unpaired) electrons. The van der Waals surface area contributed by atoms with Crippen molar-refractivity contribution < 1.29 is 4.92 Å². The molecule has 0 saturated carbocycles. The van der Waals surface area contributed by atoms with Gasteiger partial charge in [0.1, 0.15) is 0 Å². The number of aliphatic imine (C=N–C) groups is 1. The van der Waals surface area contributed by atoms with Crippen LogP contribution in [-0.4, -0.2) is 29.9 Å². The Morgan fingerprint density at radius 2 is 2.17 bits per heavy atom. The molecular weight excluding hydrogens is 463 g/mol. The fraction of sp³-hybridized carbons (Fsp3) is 0.267. The Morgan fingerprint density at radius 3 is 2.75 bits per heavy atom. The second kappa shape index (κ2) is 9.80. The van der Waals surface area contributed by atoms with E-state index in [1.807, 2.05) is 30.1 Å². The summed E-state index contributed by atoms with van der Waals surface area (Å²) >= 11 is 7.47. The summed E-state index contributed by atoms with van der Waals surface area (Å²) in [4.78, 5) is 17.7. The van der Waals surface area contributed by atoms with Crippen LogP contribution in [0.2, 0.25) is 4.34 Å². The first-order valence-corrected chi connectivity index (χ1v) is 8.08. The molecule has 0 unspecified atom stereocenters. The van der Waals surface area contributed by atoms with Crippen molar-refractivity contribution in [1.82, 2.24) is 10.2 Å². The van der Waals surface area contributed by atoms with Gasteiger partial charge in [0, 0.05) is 37.6 Å². The van der Waals surface area contributed by atoms with Crippen molar-refractivity contribution in [3.05, 3.63) is 61.3 Å². The average molecular weight is 481 g/mol. The normalized spacial score (nSPS) is 10.9. The average Bonchev–Trinajstić information content (AvgIpc) is 2.93. The molecule has 0 aliphatic heterocycles. The van der Waals surface area contributed by atoms with E-state index in [0.717, 1.165) is 14.8 Å². The summed E-state index contributed by atoms with van der Waals surface area (Å²) in [6, 6.07) is 10.4. The van der Waals surface area contributed by atoms with Crippen molar-refractivity contribution in [2.45, 2.75) is 13.1 Å². The van der Waals surface area contributed by atoms with Gasteiger partial charge in [-0.2, -0.15) is 0 Å². The monoisotopic (exact) mass is 480 g/mol. The number of rotatable bonds is 5. The third-order valence-corrected chi connectivity index (χ3v) is 4.38. The third kappa shape index (κ3) is 5.91. The largest absolute Gasteiger partial charge is 0.352 e. The molecule has 1 aromatic heterocycles. The maximum atomic E-state index is 10.8. The van der Waals surface area contributed by atoms with Gasteiger partial charge in [0.15, 0.2) is 5.96 Å². The first-order valence-electron chi connectivity index (χ1n) is 6.89. The highest BCUT2D eigenvalue weighted by Crippen LogP contribution is 2.22. The van der Waals surface area contributed by atoms with Crippen LogP contribution in [0.1, 0.15) is 10.4 Å². The van der Waals surface area contributed by atoms with E-state index in [1.165, 1.54) is 17.4 Å². The lowest BCUT2D eigenvalue weighted by Crippen LogP contribution is -2.37. The van der Waals surface area contributed by atoms with E-state index in [1.54, 1.807) is 19.2 Å². The molecule has 0 aliphatic carbocycles. The fourth-order valence-electron chi connectivity index (χ4n) is 2.09. The Labute approximate surface area is 166 Å². The molecule has 0 bridgehead atoms. The molecule has 0 aliphatic rings. The molecule has 0 atom stereocenters. The minimum Gasteiger partial charge on any atom is -0.352 e. The SMILES string of the molecule is CN=C(NCc1cccc([N+](=O)[O-])c1)N(C)Cc1ccc(Cl)s1.I. The molecular formula is C15H18ClIN4O2S. The summed E-state index contributed by atoms with van der Waals surface area (Å²) < 4.78 is 0.757. The number of nitrogens with one attached hydrogen (secondary N) is 1. The lowest BCUT2D eigenvalue weighted by atomic mass is 10.2. The predicted octanol–water partition coefficient (Wildman–Crippen LogP) is 4.14. The molecule has 0 amide bonds. The van der Waals surface area contributed by atoms with E-state index < -0.39 is 4.92 Å². The minimum atomic E-state index is -0.398. The van der Waals surface area contributed by atoms with E-state index in [2.05, 4.69) is 10.3 Å². The van der Waals surface area contributed by atoms with Crippen molar-refractivity contribution in [3.8, 4) is 0 Å². The second-order valence-corrected chi connectivity index (χ2v) is 6.69. The first kappa shape index (κ1) is 20.7. The molecule has 1 heterocycles. The number of nitrogens with zero attached hydrogens (tertiary/aromatic N) is 3. The zero-order chi connectivity index (χ0) is 16.8. The highest BCUT2D eigenvalue weighted by molar-refractivity contribution is 14.0. The highest BCUT2D eigenvalue weighted by Gasteiger charge is 2.10. The smallest absolute Gasteiger partial charge is 0.269 e. The van der Waals surface area contributed by atoms with E-state index in [0.29, 0.717) is 19.0 Å². The topological polar surface area (TPSA) is 70.8 Å². The molecule has 0 fully saturated rings. The Bertz CT molecular complexity index is 723. The number of guanidine groups is 1. The number of nitro benzene ring substituents is 1. The van der Waals surface area contributed by atoms with Crippen LogP contribution in [0, 0.1) is 10.1 Å². The number of non-ortho nitro benzene ring substituents is 1. The quantitative estimate of drug-likeness (QED) is 0.230. The van der Waals surface area contributed by atoms with Crippen LogP contribution in [0.4, 0.5) is 5.69 Å². The summed E-state index contributed by atoms with van der Waals surface area (Å²) in [7, 11) is 3.63. The molecule has 0 saturated heterocycles. The van der Waals surface area contributed by atoms with Crippen molar-refractivity contribution >= 4 is 58.6 Å². The van der Waals surface area contributed by atoms with Crippen molar-refractivity contribution in [3.63, 3.8) is 0 Å². The van der Waals surface area contributed by atoms with Crippen LogP contribution in [0.15, 0.2) is 41.4 Å². The van der Waals surface area contributed by atoms with Gasteiger partial charge in [-0.05, 0) is 17.7 Å². The van der Waals surface area contributed by atoms with Gasteiger partial charge < -0.3 is 10.2 Å². The molecule has 24 heavy (non-hydrogen) atoms. The minimum absolute atomic E-state index is 0. The van der Waals surface area contributed by atoms with Gasteiger partial charge in [0.05, 0.1) is 15.8 Å². The van der Waals surface area contributed by atoms with Crippen LogP contribution >= 0.6 is 46.9 Å². The Kier molecular flexibility index (Phi) is 8.43.